The van der Waals surface area contributed by atoms with Gasteiger partial charge >= 0.3 is 5.97 Å². The third-order valence-electron chi connectivity index (χ3n) is 2.31. The Morgan fingerprint density at radius 1 is 1.27 bits per heavy atom. The first-order chi connectivity index (χ1) is 7.16. The number of carboxylic acid groups (broad SMARTS) is 1. The maximum absolute atomic E-state index is 11.4. The fourth-order valence-electron chi connectivity index (χ4n) is 1.57. The molecular weight excluding hydrogens is 192 g/mol. The van der Waals surface area contributed by atoms with Crippen LogP contribution in [0.1, 0.15) is 31.2 Å². The van der Waals surface area contributed by atoms with Crippen LogP contribution < -0.4 is 0 Å². The molecule has 0 heterocycles. The number of aliphatic carboxylic acids is 1. The van der Waals surface area contributed by atoms with E-state index < -0.39 is 17.7 Å². The van der Waals surface area contributed by atoms with E-state index in [2.05, 4.69) is 0 Å². The van der Waals surface area contributed by atoms with E-state index in [1.807, 2.05) is 25.1 Å². The molecule has 1 unspecified atom stereocenters. The number of ketones is 1. The SMILES string of the molecule is CCCC(C(=O)C(=O)O)c1ccccc1. The van der Waals surface area contributed by atoms with Gasteiger partial charge in [-0.3, -0.25) is 4.79 Å². The third-order valence-corrected chi connectivity index (χ3v) is 2.31. The van der Waals surface area contributed by atoms with Crippen LogP contribution in [-0.2, 0) is 9.59 Å². The monoisotopic (exact) mass is 206 g/mol. The number of Topliss-reactive ketones (excluding diaryl/α,β-unsaturated/α-hetero) is 1. The van der Waals surface area contributed by atoms with E-state index in [1.165, 1.54) is 0 Å². The van der Waals surface area contributed by atoms with Gasteiger partial charge in [-0.1, -0.05) is 43.7 Å². The highest BCUT2D eigenvalue weighted by Gasteiger charge is 2.25. The van der Waals surface area contributed by atoms with Gasteiger partial charge in [-0.05, 0) is 12.0 Å². The molecule has 0 saturated heterocycles. The first-order valence-corrected chi connectivity index (χ1v) is 4.99. The molecule has 1 aromatic rings. The molecule has 3 heteroatoms. The van der Waals surface area contributed by atoms with Gasteiger partial charge in [0.05, 0.1) is 5.92 Å². The summed E-state index contributed by atoms with van der Waals surface area (Å²) in [6, 6.07) is 9.06. The van der Waals surface area contributed by atoms with Gasteiger partial charge < -0.3 is 5.11 Å². The van der Waals surface area contributed by atoms with Crippen LogP contribution in [0.5, 0.6) is 0 Å². The lowest BCUT2D eigenvalue weighted by atomic mass is 9.90. The van der Waals surface area contributed by atoms with Gasteiger partial charge in [0.25, 0.3) is 0 Å². The highest BCUT2D eigenvalue weighted by Crippen LogP contribution is 2.22. The number of hydrogen-bond acceptors (Lipinski definition) is 2. The van der Waals surface area contributed by atoms with Gasteiger partial charge in [-0.25, -0.2) is 4.79 Å². The van der Waals surface area contributed by atoms with E-state index in [9.17, 15) is 9.59 Å². The van der Waals surface area contributed by atoms with Gasteiger partial charge in [0.1, 0.15) is 0 Å². The highest BCUT2D eigenvalue weighted by molar-refractivity contribution is 6.34. The third kappa shape index (κ3) is 2.91. The smallest absolute Gasteiger partial charge is 0.372 e. The lowest BCUT2D eigenvalue weighted by Crippen LogP contribution is -2.21. The summed E-state index contributed by atoms with van der Waals surface area (Å²) in [5.41, 5.74) is 0.784. The molecule has 1 rings (SSSR count). The first kappa shape index (κ1) is 11.4. The molecule has 0 spiro atoms. The summed E-state index contributed by atoms with van der Waals surface area (Å²) in [7, 11) is 0. The van der Waals surface area contributed by atoms with Crippen molar-refractivity contribution in [3.63, 3.8) is 0 Å². The molecule has 1 aromatic carbocycles. The summed E-state index contributed by atoms with van der Waals surface area (Å²) < 4.78 is 0. The molecule has 0 aliphatic heterocycles. The molecule has 0 bridgehead atoms. The highest BCUT2D eigenvalue weighted by atomic mass is 16.4. The Kier molecular flexibility index (Phi) is 4.03. The second kappa shape index (κ2) is 5.29. The van der Waals surface area contributed by atoms with Crippen molar-refractivity contribution in [3.8, 4) is 0 Å². The predicted octanol–water partition coefficient (Wildman–Crippen LogP) is 2.22. The Labute approximate surface area is 88.7 Å². The van der Waals surface area contributed by atoms with E-state index in [1.54, 1.807) is 12.1 Å². The Hall–Kier alpha value is -1.64. The summed E-state index contributed by atoms with van der Waals surface area (Å²) in [5, 5.41) is 8.69. The molecule has 0 aliphatic carbocycles. The molecule has 0 amide bonds. The predicted molar refractivity (Wildman–Crippen MR) is 56.7 cm³/mol. The largest absolute Gasteiger partial charge is 0.475 e. The Morgan fingerprint density at radius 2 is 1.87 bits per heavy atom. The van der Waals surface area contributed by atoms with Crippen LogP contribution in [0.2, 0.25) is 0 Å². The molecule has 1 atom stereocenters. The zero-order valence-electron chi connectivity index (χ0n) is 8.64. The van der Waals surface area contributed by atoms with Crippen molar-refractivity contribution in [3.05, 3.63) is 35.9 Å². The molecule has 80 valence electrons. The van der Waals surface area contributed by atoms with E-state index in [4.69, 9.17) is 5.11 Å². The Morgan fingerprint density at radius 3 is 2.33 bits per heavy atom. The quantitative estimate of drug-likeness (QED) is 0.751. The minimum atomic E-state index is -1.35. The zero-order valence-corrected chi connectivity index (χ0v) is 8.64. The van der Waals surface area contributed by atoms with Crippen LogP contribution in [0.3, 0.4) is 0 Å². The first-order valence-electron chi connectivity index (χ1n) is 4.99. The van der Waals surface area contributed by atoms with Crippen molar-refractivity contribution < 1.29 is 14.7 Å². The summed E-state index contributed by atoms with van der Waals surface area (Å²) in [6.45, 7) is 1.94. The molecule has 15 heavy (non-hydrogen) atoms. The van der Waals surface area contributed by atoms with Crippen LogP contribution in [0.15, 0.2) is 30.3 Å². The van der Waals surface area contributed by atoms with Crippen LogP contribution in [0.25, 0.3) is 0 Å². The molecule has 0 aromatic heterocycles. The minimum Gasteiger partial charge on any atom is -0.475 e. The number of benzene rings is 1. The average Bonchev–Trinajstić information content (AvgIpc) is 2.26. The van der Waals surface area contributed by atoms with Gasteiger partial charge in [0, 0.05) is 0 Å². The second-order valence-corrected chi connectivity index (χ2v) is 3.42. The number of carbonyl (C=O) groups excluding carboxylic acids is 1. The van der Waals surface area contributed by atoms with E-state index in [-0.39, 0.29) is 0 Å². The molecule has 0 radical (unpaired) electrons. The van der Waals surface area contributed by atoms with Crippen LogP contribution in [-0.4, -0.2) is 16.9 Å². The number of rotatable bonds is 5. The van der Waals surface area contributed by atoms with Crippen molar-refractivity contribution in [2.24, 2.45) is 0 Å². The zero-order chi connectivity index (χ0) is 11.3. The number of hydrogen-bond donors (Lipinski definition) is 1. The van der Waals surface area contributed by atoms with Crippen molar-refractivity contribution in [2.75, 3.05) is 0 Å². The van der Waals surface area contributed by atoms with Gasteiger partial charge in [-0.15, -0.1) is 0 Å². The molecular formula is C12H14O3. The summed E-state index contributed by atoms with van der Waals surface area (Å²) in [4.78, 5) is 22.1. The number of carboxylic acids is 1. The van der Waals surface area contributed by atoms with Crippen LogP contribution in [0, 0.1) is 0 Å². The van der Waals surface area contributed by atoms with E-state index >= 15 is 0 Å². The lowest BCUT2D eigenvalue weighted by Gasteiger charge is -2.12. The van der Waals surface area contributed by atoms with Crippen LogP contribution >= 0.6 is 0 Å². The summed E-state index contributed by atoms with van der Waals surface area (Å²) in [5.74, 6) is -2.57. The van der Waals surface area contributed by atoms with Gasteiger partial charge in [-0.2, -0.15) is 0 Å². The normalized spacial score (nSPS) is 12.1. The van der Waals surface area contributed by atoms with E-state index in [0.29, 0.717) is 6.42 Å². The molecule has 0 saturated carbocycles. The Balaban J connectivity index is 2.93. The number of carbonyl (C=O) groups is 2. The van der Waals surface area contributed by atoms with Crippen molar-refractivity contribution in [1.82, 2.24) is 0 Å². The second-order valence-electron chi connectivity index (χ2n) is 3.42. The summed E-state index contributed by atoms with van der Waals surface area (Å²) in [6.07, 6.45) is 1.37. The molecule has 0 fully saturated rings. The fourth-order valence-corrected chi connectivity index (χ4v) is 1.57. The molecule has 3 nitrogen and oxygen atoms in total. The molecule has 1 N–H and O–H groups in total. The topological polar surface area (TPSA) is 54.4 Å². The van der Waals surface area contributed by atoms with Crippen molar-refractivity contribution >= 4 is 11.8 Å². The van der Waals surface area contributed by atoms with E-state index in [0.717, 1.165) is 12.0 Å². The fraction of sp³-hybridized carbons (Fsp3) is 0.333. The summed E-state index contributed by atoms with van der Waals surface area (Å²) >= 11 is 0. The maximum Gasteiger partial charge on any atom is 0.372 e. The van der Waals surface area contributed by atoms with Gasteiger partial charge in [0.15, 0.2) is 0 Å². The lowest BCUT2D eigenvalue weighted by molar-refractivity contribution is -0.149. The maximum atomic E-state index is 11.4. The van der Waals surface area contributed by atoms with Crippen LogP contribution in [0.4, 0.5) is 0 Å². The molecule has 0 aliphatic rings. The standard InChI is InChI=1S/C12H14O3/c1-2-6-10(11(13)12(14)15)9-7-4-3-5-8-9/h3-5,7-8,10H,2,6H2,1H3,(H,14,15). The van der Waals surface area contributed by atoms with Crippen molar-refractivity contribution in [2.45, 2.75) is 25.7 Å². The Bertz CT molecular complexity index is 343. The van der Waals surface area contributed by atoms with Crippen molar-refractivity contribution in [1.29, 1.82) is 0 Å². The minimum absolute atomic E-state index is 0.506. The van der Waals surface area contributed by atoms with Gasteiger partial charge in [0.2, 0.25) is 5.78 Å². The average molecular weight is 206 g/mol.